The molecule has 0 saturated carbocycles. The number of fused-ring (bicyclic) bond motifs is 1. The van der Waals surface area contributed by atoms with Crippen LogP contribution in [-0.4, -0.2) is 48.7 Å². The molecule has 210 valence electrons. The van der Waals surface area contributed by atoms with Gasteiger partial charge in [-0.15, -0.1) is 0 Å². The third kappa shape index (κ3) is 6.31. The number of hydrogen-bond donors (Lipinski definition) is 3. The zero-order chi connectivity index (χ0) is 28.4. The van der Waals surface area contributed by atoms with Crippen LogP contribution in [0, 0.1) is 17.5 Å². The second-order valence-electron chi connectivity index (χ2n) is 9.57. The Hall–Kier alpha value is -3.84. The third-order valence-corrected chi connectivity index (χ3v) is 7.75. The number of pyridine rings is 1. The first kappa shape index (κ1) is 27.7. The highest BCUT2D eigenvalue weighted by molar-refractivity contribution is 7.91. The highest BCUT2D eigenvalue weighted by atomic mass is 32.2. The summed E-state index contributed by atoms with van der Waals surface area (Å²) >= 11 is 0. The van der Waals surface area contributed by atoms with Crippen molar-refractivity contribution in [1.82, 2.24) is 20.3 Å². The van der Waals surface area contributed by atoms with E-state index in [1.165, 1.54) is 12.1 Å². The topological polar surface area (TPSA) is 109 Å². The highest BCUT2D eigenvalue weighted by Gasteiger charge is 2.22. The van der Waals surface area contributed by atoms with Crippen LogP contribution >= 0.6 is 0 Å². The molecule has 0 spiro atoms. The van der Waals surface area contributed by atoms with Crippen molar-refractivity contribution in [2.75, 3.05) is 23.1 Å². The van der Waals surface area contributed by atoms with Gasteiger partial charge in [-0.2, -0.15) is 0 Å². The van der Waals surface area contributed by atoms with Crippen molar-refractivity contribution in [3.63, 3.8) is 0 Å². The lowest BCUT2D eigenvalue weighted by molar-refractivity contribution is 0.254. The van der Waals surface area contributed by atoms with Crippen LogP contribution in [0.4, 0.5) is 29.2 Å². The van der Waals surface area contributed by atoms with Gasteiger partial charge in [0.15, 0.2) is 0 Å². The van der Waals surface area contributed by atoms with Crippen molar-refractivity contribution in [2.45, 2.75) is 37.7 Å². The molecule has 13 heteroatoms. The van der Waals surface area contributed by atoms with Gasteiger partial charge in [-0.3, -0.25) is 4.72 Å². The minimum atomic E-state index is -4.20. The molecule has 8 nitrogen and oxygen atoms in total. The van der Waals surface area contributed by atoms with Crippen molar-refractivity contribution in [3.05, 3.63) is 77.2 Å². The van der Waals surface area contributed by atoms with Crippen LogP contribution in [0.3, 0.4) is 0 Å². The number of piperidine rings is 1. The number of hydrogen-bond acceptors (Lipinski definition) is 7. The van der Waals surface area contributed by atoms with E-state index in [1.54, 1.807) is 12.3 Å². The van der Waals surface area contributed by atoms with Gasteiger partial charge in [-0.05, 0) is 36.2 Å². The molecule has 2 aromatic heterocycles. The van der Waals surface area contributed by atoms with Crippen LogP contribution in [-0.2, 0) is 22.2 Å². The maximum Gasteiger partial charge on any atom is 0.237 e. The normalized spacial score (nSPS) is 17.6. The summed E-state index contributed by atoms with van der Waals surface area (Å²) in [6.45, 7) is 2.86. The SMILES string of the molecule is CCc1cc(-c2ccc(NS(=O)(=O)Cc3ccc(F)cc3F)c(F)c2)nc2cnc(N[C@@H]3CNC[C@@H](F)C3)nc12. The number of nitrogens with one attached hydrogen (secondary N) is 3. The van der Waals surface area contributed by atoms with Crippen molar-refractivity contribution < 1.29 is 26.0 Å². The monoisotopic (exact) mass is 574 g/mol. The van der Waals surface area contributed by atoms with Gasteiger partial charge >= 0.3 is 0 Å². The fourth-order valence-electron chi connectivity index (χ4n) is 4.56. The maximum absolute atomic E-state index is 15.0. The van der Waals surface area contributed by atoms with Crippen molar-refractivity contribution in [1.29, 1.82) is 0 Å². The van der Waals surface area contributed by atoms with E-state index in [0.29, 0.717) is 60.2 Å². The molecule has 3 heterocycles. The number of anilines is 2. The van der Waals surface area contributed by atoms with Gasteiger partial charge < -0.3 is 10.6 Å². The number of aryl methyl sites for hydroxylation is 1. The van der Waals surface area contributed by atoms with E-state index in [9.17, 15) is 26.0 Å². The molecule has 0 unspecified atom stereocenters. The number of aromatic nitrogens is 3. The predicted octanol–water partition coefficient (Wildman–Crippen LogP) is 4.73. The Bertz CT molecular complexity index is 1670. The molecular weight excluding hydrogens is 548 g/mol. The van der Waals surface area contributed by atoms with E-state index in [2.05, 4.69) is 30.3 Å². The Kier molecular flexibility index (Phi) is 7.86. The van der Waals surface area contributed by atoms with E-state index in [-0.39, 0.29) is 17.3 Å². The fourth-order valence-corrected chi connectivity index (χ4v) is 5.78. The molecule has 0 amide bonds. The van der Waals surface area contributed by atoms with Crippen molar-refractivity contribution >= 4 is 32.7 Å². The van der Waals surface area contributed by atoms with Gasteiger partial charge in [-0.1, -0.05) is 19.1 Å². The Morgan fingerprint density at radius 1 is 1.00 bits per heavy atom. The van der Waals surface area contributed by atoms with E-state index >= 15 is 0 Å². The van der Waals surface area contributed by atoms with Crippen LogP contribution in [0.15, 0.2) is 48.7 Å². The number of benzene rings is 2. The summed E-state index contributed by atoms with van der Waals surface area (Å²) in [5, 5.41) is 6.18. The van der Waals surface area contributed by atoms with Gasteiger partial charge in [0.25, 0.3) is 0 Å². The molecule has 1 fully saturated rings. The quantitative estimate of drug-likeness (QED) is 0.261. The lowest BCUT2D eigenvalue weighted by Crippen LogP contribution is -2.44. The average Bonchev–Trinajstić information content (AvgIpc) is 2.91. The molecule has 4 aromatic rings. The predicted molar refractivity (Wildman–Crippen MR) is 145 cm³/mol. The lowest BCUT2D eigenvalue weighted by Gasteiger charge is -2.26. The first-order valence-electron chi connectivity index (χ1n) is 12.6. The molecule has 1 aliphatic rings. The summed E-state index contributed by atoms with van der Waals surface area (Å²) in [4.78, 5) is 13.5. The Balaban J connectivity index is 1.37. The van der Waals surface area contributed by atoms with Crippen LogP contribution in [0.2, 0.25) is 0 Å². The Morgan fingerprint density at radius 2 is 1.82 bits per heavy atom. The van der Waals surface area contributed by atoms with E-state index in [4.69, 9.17) is 0 Å². The van der Waals surface area contributed by atoms with Gasteiger partial charge in [0.05, 0.1) is 28.8 Å². The van der Waals surface area contributed by atoms with E-state index < -0.39 is 39.4 Å². The first-order chi connectivity index (χ1) is 19.1. The molecule has 1 saturated heterocycles. The Morgan fingerprint density at radius 3 is 2.55 bits per heavy atom. The van der Waals surface area contributed by atoms with E-state index in [0.717, 1.165) is 23.8 Å². The van der Waals surface area contributed by atoms with Gasteiger partial charge in [-0.25, -0.2) is 40.9 Å². The number of alkyl halides is 1. The van der Waals surface area contributed by atoms with Crippen LogP contribution < -0.4 is 15.4 Å². The minimum absolute atomic E-state index is 0.146. The Labute approximate surface area is 228 Å². The average molecular weight is 575 g/mol. The zero-order valence-electron chi connectivity index (χ0n) is 21.4. The molecule has 3 N–H and O–H groups in total. The molecule has 2 atom stereocenters. The zero-order valence-corrected chi connectivity index (χ0v) is 22.2. The maximum atomic E-state index is 15.0. The summed E-state index contributed by atoms with van der Waals surface area (Å²) in [5.74, 6) is -3.14. The van der Waals surface area contributed by atoms with Crippen LogP contribution in [0.5, 0.6) is 0 Å². The molecule has 40 heavy (non-hydrogen) atoms. The minimum Gasteiger partial charge on any atom is -0.350 e. The first-order valence-corrected chi connectivity index (χ1v) is 14.3. The largest absolute Gasteiger partial charge is 0.350 e. The van der Waals surface area contributed by atoms with Crippen LogP contribution in [0.1, 0.15) is 24.5 Å². The smallest absolute Gasteiger partial charge is 0.237 e. The molecule has 2 aromatic carbocycles. The van der Waals surface area contributed by atoms with Gasteiger partial charge in [0.2, 0.25) is 16.0 Å². The molecule has 0 radical (unpaired) electrons. The summed E-state index contributed by atoms with van der Waals surface area (Å²) in [5.41, 5.74) is 2.19. The second-order valence-corrected chi connectivity index (χ2v) is 11.3. The fraction of sp³-hybridized carbons (Fsp3) is 0.296. The van der Waals surface area contributed by atoms with Crippen molar-refractivity contribution in [3.8, 4) is 11.3 Å². The third-order valence-electron chi connectivity index (χ3n) is 6.53. The number of nitrogens with zero attached hydrogens (tertiary/aromatic N) is 3. The van der Waals surface area contributed by atoms with E-state index in [1.807, 2.05) is 6.92 Å². The molecule has 1 aliphatic heterocycles. The summed E-state index contributed by atoms with van der Waals surface area (Å²) in [7, 11) is -4.20. The number of sulfonamides is 1. The van der Waals surface area contributed by atoms with Crippen molar-refractivity contribution in [2.24, 2.45) is 0 Å². The molecule has 0 aliphatic carbocycles. The summed E-state index contributed by atoms with van der Waals surface area (Å²) in [6, 6.07) is 8.08. The molecule has 5 rings (SSSR count). The van der Waals surface area contributed by atoms with Gasteiger partial charge in [0, 0.05) is 42.7 Å². The number of halogens is 4. The molecule has 0 bridgehead atoms. The second kappa shape index (κ2) is 11.3. The van der Waals surface area contributed by atoms with Crippen LogP contribution in [0.25, 0.3) is 22.3 Å². The summed E-state index contributed by atoms with van der Waals surface area (Å²) in [6.07, 6.45) is 1.55. The molecular formula is C27H26F4N6O2S. The lowest BCUT2D eigenvalue weighted by atomic mass is 10.1. The highest BCUT2D eigenvalue weighted by Crippen LogP contribution is 2.28. The number of rotatable bonds is 8. The standard InChI is InChI=1S/C27H26F4N6O2S/c1-2-15-8-24(35-25-13-33-27(36-26(15)25)34-20-9-19(29)11-32-12-20)16-4-6-23(22(31)7-16)37-40(38,39)14-17-3-5-18(28)10-21(17)30/h3-8,10,13,19-20,32,37H,2,9,11-12,14H2,1H3,(H,33,34,36)/t19-,20-/m0/s1. The summed E-state index contributed by atoms with van der Waals surface area (Å²) < 4.78 is 82.9. The van der Waals surface area contributed by atoms with Gasteiger partial charge in [0.1, 0.15) is 29.1 Å².